The molecule has 4 aromatic heterocycles. The van der Waals surface area contributed by atoms with E-state index in [0.717, 1.165) is 237 Å². The lowest BCUT2D eigenvalue weighted by molar-refractivity contribution is 0.217. The van der Waals surface area contributed by atoms with Crippen LogP contribution in [-0.2, 0) is 0 Å². The van der Waals surface area contributed by atoms with Crippen LogP contribution in [0, 0.1) is 11.8 Å². The first-order chi connectivity index (χ1) is 72.0. The summed E-state index contributed by atoms with van der Waals surface area (Å²) in [6.07, 6.45) is 10.0. The predicted molar refractivity (Wildman–Crippen MR) is 578 cm³/mol. The van der Waals surface area contributed by atoms with Gasteiger partial charge in [-0.05, 0) is 182 Å². The van der Waals surface area contributed by atoms with Crippen molar-refractivity contribution in [2.75, 3.05) is 26.4 Å². The van der Waals surface area contributed by atoms with Crippen LogP contribution in [0.25, 0.3) is 199 Å². The van der Waals surface area contributed by atoms with Crippen molar-refractivity contribution in [1.29, 1.82) is 0 Å². The van der Waals surface area contributed by atoms with E-state index in [1.54, 1.807) is 0 Å². The van der Waals surface area contributed by atoms with Gasteiger partial charge in [0.1, 0.15) is 91.2 Å². The SMILES string of the molecule is CCCCC(CC)COc1nc(-c2c(O)cc(O)cc2O)nc(-c2cc3c4ccccc4ccc3c3ccccc23)n1.CCCCC(CC)COc1nc(-c2ccc3cc4ccccc4cc3c2)nc(-c2c(O)cc(O)cc2O)n1.CCCOc1nc(-c2c(O)cc(O)cc2O)nc(-c2cc3cccc4ccc5cccc2c5c43)n1.CCCOc1nc(-c2c(O)cc(O)cc2O)nc(-c2cc3ccccc3c3ccccc23)n1. The molecule has 22 rings (SSSR count). The number of hydrogen-bond acceptors (Lipinski definition) is 28. The molecule has 0 saturated carbocycles. The Balaban J connectivity index is 0.000000125. The fourth-order valence-electron chi connectivity index (χ4n) is 18.8. The maximum absolute atomic E-state index is 10.7. The summed E-state index contributed by atoms with van der Waals surface area (Å²) in [4.78, 5) is 54.7. The Hall–Kier alpha value is -18.3. The number of rotatable bonds is 28. The number of fused-ring (bicyclic) bond motifs is 10. The lowest BCUT2D eigenvalue weighted by Crippen LogP contribution is -2.13. The minimum Gasteiger partial charge on any atom is -0.508 e. The first-order valence-electron chi connectivity index (χ1n) is 49.4. The summed E-state index contributed by atoms with van der Waals surface area (Å²) in [6.45, 7) is 14.3. The van der Waals surface area contributed by atoms with Gasteiger partial charge in [0.25, 0.3) is 0 Å². The number of nitrogens with zero attached hydrogens (tertiary/aromatic N) is 12. The minimum absolute atomic E-state index is 0.00103. The van der Waals surface area contributed by atoms with Gasteiger partial charge in [-0.2, -0.15) is 39.9 Å². The molecule has 12 N–H and O–H groups in total. The number of unbranched alkanes of at least 4 members (excludes halogenated alkanes) is 2. The third-order valence-electron chi connectivity index (χ3n) is 26.3. The summed E-state index contributed by atoms with van der Waals surface area (Å²) in [5, 5.41) is 145. The molecule has 742 valence electrons. The Morgan fingerprint density at radius 3 is 0.980 bits per heavy atom. The molecule has 22 aromatic rings. The molecule has 28 nitrogen and oxygen atoms in total. The van der Waals surface area contributed by atoms with E-state index >= 15 is 0 Å². The molecule has 2 unspecified atom stereocenters. The van der Waals surface area contributed by atoms with Crippen molar-refractivity contribution in [1.82, 2.24) is 59.8 Å². The highest BCUT2D eigenvalue weighted by atomic mass is 16.5. The highest BCUT2D eigenvalue weighted by Gasteiger charge is 2.29. The molecule has 4 heterocycles. The Labute approximate surface area is 850 Å². The Morgan fingerprint density at radius 1 is 0.216 bits per heavy atom. The summed E-state index contributed by atoms with van der Waals surface area (Å²) in [6, 6.07) is 87.3. The first-order valence-corrected chi connectivity index (χ1v) is 49.4. The number of phenols is 12. The molecule has 0 aliphatic carbocycles. The maximum Gasteiger partial charge on any atom is 0.320 e. The van der Waals surface area contributed by atoms with Gasteiger partial charge < -0.3 is 80.2 Å². The van der Waals surface area contributed by atoms with Gasteiger partial charge in [0.2, 0.25) is 0 Å². The van der Waals surface area contributed by atoms with Gasteiger partial charge >= 0.3 is 24.0 Å². The van der Waals surface area contributed by atoms with Gasteiger partial charge in [-0.1, -0.05) is 274 Å². The van der Waals surface area contributed by atoms with E-state index in [1.165, 1.54) is 5.39 Å². The first kappa shape index (κ1) is 98.4. The van der Waals surface area contributed by atoms with E-state index in [2.05, 4.69) is 181 Å². The Bertz CT molecular complexity index is 8670. The average molecular weight is 1970 g/mol. The van der Waals surface area contributed by atoms with E-state index in [4.69, 9.17) is 28.9 Å². The van der Waals surface area contributed by atoms with Crippen LogP contribution in [0.15, 0.2) is 279 Å². The molecule has 2 atom stereocenters. The third kappa shape index (κ3) is 20.8. The molecule has 0 radical (unpaired) electrons. The van der Waals surface area contributed by atoms with E-state index in [-0.39, 0.29) is 139 Å². The van der Waals surface area contributed by atoms with E-state index < -0.39 is 0 Å². The number of hydrogen-bond donors (Lipinski definition) is 12. The van der Waals surface area contributed by atoms with E-state index in [1.807, 2.05) is 141 Å². The van der Waals surface area contributed by atoms with Crippen LogP contribution >= 0.6 is 0 Å². The van der Waals surface area contributed by atoms with E-state index in [0.29, 0.717) is 61.6 Å². The van der Waals surface area contributed by atoms with Crippen LogP contribution < -0.4 is 18.9 Å². The molecular formula is C120H106N12O16. The highest BCUT2D eigenvalue weighted by molar-refractivity contribution is 6.26. The summed E-state index contributed by atoms with van der Waals surface area (Å²) in [5.41, 5.74) is 3.05. The lowest BCUT2D eigenvalue weighted by atomic mass is 9.91. The second-order valence-electron chi connectivity index (χ2n) is 36.4. The van der Waals surface area contributed by atoms with Crippen molar-refractivity contribution < 1.29 is 80.2 Å². The maximum atomic E-state index is 10.7. The largest absolute Gasteiger partial charge is 0.508 e. The number of aromatic nitrogens is 12. The van der Waals surface area contributed by atoms with Crippen molar-refractivity contribution >= 4 is 108 Å². The smallest absolute Gasteiger partial charge is 0.320 e. The number of ether oxygens (including phenoxy) is 4. The van der Waals surface area contributed by atoms with Crippen molar-refractivity contribution in [3.63, 3.8) is 0 Å². The molecule has 0 spiro atoms. The topological polar surface area (TPSA) is 434 Å². The second-order valence-corrected chi connectivity index (χ2v) is 36.4. The average Bonchev–Trinajstić information content (AvgIpc) is 0.700. The fourth-order valence-corrected chi connectivity index (χ4v) is 18.8. The summed E-state index contributed by atoms with van der Waals surface area (Å²) in [7, 11) is 0. The minimum atomic E-state index is -0.352. The monoisotopic (exact) mass is 1970 g/mol. The number of benzene rings is 18. The Morgan fingerprint density at radius 2 is 0.527 bits per heavy atom. The molecular weight excluding hydrogens is 1870 g/mol. The summed E-state index contributed by atoms with van der Waals surface area (Å²) < 4.78 is 23.7. The summed E-state index contributed by atoms with van der Waals surface area (Å²) in [5.74, 6) is -1.56. The molecule has 28 heteroatoms. The number of aromatic hydroxyl groups is 12. The van der Waals surface area contributed by atoms with Crippen LogP contribution in [0.4, 0.5) is 0 Å². The van der Waals surface area contributed by atoms with Crippen LogP contribution in [0.5, 0.6) is 93.0 Å². The van der Waals surface area contributed by atoms with Crippen LogP contribution in [0.3, 0.4) is 0 Å². The zero-order valence-corrected chi connectivity index (χ0v) is 82.0. The van der Waals surface area contributed by atoms with Gasteiger partial charge in [0.15, 0.2) is 46.6 Å². The van der Waals surface area contributed by atoms with Gasteiger partial charge in [0.05, 0.1) is 26.4 Å². The second kappa shape index (κ2) is 43.5. The quantitative estimate of drug-likeness (QED) is 0.0160. The molecule has 0 bridgehead atoms. The lowest BCUT2D eigenvalue weighted by Gasteiger charge is -2.16. The number of phenolic OH excluding ortho intramolecular Hbond substituents is 12. The molecule has 18 aromatic carbocycles. The van der Waals surface area contributed by atoms with Crippen molar-refractivity contribution in [2.45, 2.75) is 106 Å². The third-order valence-corrected chi connectivity index (χ3v) is 26.3. The molecule has 0 aliphatic rings. The van der Waals surface area contributed by atoms with Gasteiger partial charge in [0, 0.05) is 70.8 Å². The van der Waals surface area contributed by atoms with Crippen LogP contribution in [0.2, 0.25) is 0 Å². The molecule has 0 aliphatic heterocycles. The standard InChI is InChI=1S/C35H33N3O4.C31H31N3O4.C28H21N3O4.C26H21N3O4/c1-3-5-10-21(4-2)20-42-35-37-33(36-34(38-35)32-30(40)17-23(39)18-31(32)41)29-19-28-24-12-7-6-11-22(24)15-16-27(28)25-13-8-9-14-26(25)29;1-3-5-8-19(4-2)18-38-31-33-29(32-30(34-31)28-26(36)16-25(35)17-27(28)37)23-12-11-22-13-20-9-6-7-10-21(20)14-24(22)15-23;1-2-11-35-28-30-26(29-27(31-28)25-21(33)13-18(32)14-22(25)34)20-12-17-7-3-5-15-9-10-16-6-4-8-19(20)24(16)23(15)17;1-2-11-33-26-28-24(27-25(29-26)23-21(31)13-16(30)14-22(23)32)20-12-15-7-3-4-8-17(15)18-9-5-6-10-19(18)20/h6-9,11-19,21,39-41H,3-5,10,20H2,1-2H3;6-7,9-17,19,35-37H,3-5,8,18H2,1-2H3;3-10,12-14,32-34H,2,11H2,1H3;3-10,12-14,30-32H,2,11H2,1H3. The van der Waals surface area contributed by atoms with E-state index in [9.17, 15) is 61.3 Å². The van der Waals surface area contributed by atoms with Gasteiger partial charge in [-0.15, -0.1) is 0 Å². The fraction of sp³-hybridized carbons (Fsp3) is 0.183. The molecule has 148 heavy (non-hydrogen) atoms. The molecule has 0 amide bonds. The Kier molecular flexibility index (Phi) is 28.9. The van der Waals surface area contributed by atoms with Crippen molar-refractivity contribution in [3.05, 3.63) is 279 Å². The normalized spacial score (nSPS) is 11.8. The molecule has 0 saturated heterocycles. The zero-order chi connectivity index (χ0) is 103. The van der Waals surface area contributed by atoms with Crippen molar-refractivity contribution in [3.8, 4) is 184 Å². The predicted octanol–water partition coefficient (Wildman–Crippen LogP) is 27.0. The summed E-state index contributed by atoms with van der Waals surface area (Å²) >= 11 is 0. The molecule has 0 fully saturated rings. The highest BCUT2D eigenvalue weighted by Crippen LogP contribution is 2.49. The van der Waals surface area contributed by atoms with Crippen LogP contribution in [0.1, 0.15) is 106 Å². The van der Waals surface area contributed by atoms with Crippen LogP contribution in [-0.4, -0.2) is 148 Å². The van der Waals surface area contributed by atoms with Crippen molar-refractivity contribution in [2.24, 2.45) is 11.8 Å². The van der Waals surface area contributed by atoms with Gasteiger partial charge in [-0.3, -0.25) is 0 Å². The van der Waals surface area contributed by atoms with Gasteiger partial charge in [-0.25, -0.2) is 19.9 Å². The zero-order valence-electron chi connectivity index (χ0n) is 82.0.